The second-order valence-corrected chi connectivity index (χ2v) is 5.22. The van der Waals surface area contributed by atoms with E-state index in [0.29, 0.717) is 5.69 Å². The maximum atomic E-state index is 12.9. The van der Waals surface area contributed by atoms with E-state index in [2.05, 4.69) is 5.32 Å². The highest BCUT2D eigenvalue weighted by Gasteiger charge is 2.35. The van der Waals surface area contributed by atoms with E-state index in [-0.39, 0.29) is 0 Å². The van der Waals surface area contributed by atoms with Gasteiger partial charge in [-0.1, -0.05) is 31.2 Å². The minimum absolute atomic E-state index is 0.524. The van der Waals surface area contributed by atoms with Crippen LogP contribution >= 0.6 is 0 Å². The highest BCUT2D eigenvalue weighted by Crippen LogP contribution is 2.32. The van der Waals surface area contributed by atoms with Gasteiger partial charge in [0.25, 0.3) is 5.91 Å². The van der Waals surface area contributed by atoms with Gasteiger partial charge in [-0.3, -0.25) is 4.79 Å². The molecule has 1 N–H and O–H groups in total. The Morgan fingerprint density at radius 3 is 2.48 bits per heavy atom. The van der Waals surface area contributed by atoms with Crippen LogP contribution in [0.2, 0.25) is 0 Å². The molecule has 0 atom stereocenters. The number of anilines is 1. The number of alkyl halides is 3. The maximum Gasteiger partial charge on any atom is 0.417 e. The highest BCUT2D eigenvalue weighted by atomic mass is 19.4. The van der Waals surface area contributed by atoms with Crippen LogP contribution in [0.15, 0.2) is 48.5 Å². The van der Waals surface area contributed by atoms with Gasteiger partial charge in [-0.2, -0.15) is 13.2 Å². The predicted molar refractivity (Wildman–Crippen MR) is 86.2 cm³/mol. The Bertz CT molecular complexity index is 772. The van der Waals surface area contributed by atoms with Crippen molar-refractivity contribution in [2.45, 2.75) is 19.5 Å². The van der Waals surface area contributed by atoms with E-state index < -0.39 is 35.8 Å². The van der Waals surface area contributed by atoms with Crippen molar-refractivity contribution in [2.24, 2.45) is 0 Å². The number of aryl methyl sites for hydroxylation is 1. The fourth-order valence-electron chi connectivity index (χ4n) is 2.18. The van der Waals surface area contributed by atoms with E-state index in [9.17, 15) is 22.8 Å². The Hall–Kier alpha value is -2.83. The Kier molecular flexibility index (Phi) is 5.80. The molecule has 0 heterocycles. The predicted octanol–water partition coefficient (Wildman–Crippen LogP) is 4.06. The second kappa shape index (κ2) is 7.83. The molecule has 0 radical (unpaired) electrons. The molecular weight excluding hydrogens is 335 g/mol. The summed E-state index contributed by atoms with van der Waals surface area (Å²) >= 11 is 0. The van der Waals surface area contributed by atoms with Gasteiger partial charge < -0.3 is 10.1 Å². The smallest absolute Gasteiger partial charge is 0.417 e. The van der Waals surface area contributed by atoms with Crippen molar-refractivity contribution in [1.29, 1.82) is 0 Å². The lowest BCUT2D eigenvalue weighted by Crippen LogP contribution is -2.22. The van der Waals surface area contributed by atoms with Crippen LogP contribution in [0.5, 0.6) is 0 Å². The molecular formula is C18H16F3NO3. The number of esters is 1. The van der Waals surface area contributed by atoms with Crippen LogP contribution in [0.4, 0.5) is 18.9 Å². The Morgan fingerprint density at radius 2 is 1.80 bits per heavy atom. The zero-order valence-corrected chi connectivity index (χ0v) is 13.4. The van der Waals surface area contributed by atoms with Crippen LogP contribution in [0, 0.1) is 0 Å². The Morgan fingerprint density at radius 1 is 1.08 bits per heavy atom. The minimum atomic E-state index is -4.68. The van der Waals surface area contributed by atoms with E-state index in [1.165, 1.54) is 12.1 Å². The molecule has 0 saturated heterocycles. The van der Waals surface area contributed by atoms with Crippen LogP contribution in [0.25, 0.3) is 0 Å². The number of rotatable bonds is 5. The van der Waals surface area contributed by atoms with Crippen molar-refractivity contribution < 1.29 is 27.5 Å². The van der Waals surface area contributed by atoms with Gasteiger partial charge in [0.05, 0.1) is 11.1 Å². The van der Waals surface area contributed by atoms with E-state index in [0.717, 1.165) is 24.1 Å². The molecule has 0 spiro atoms. The fourth-order valence-corrected chi connectivity index (χ4v) is 2.18. The van der Waals surface area contributed by atoms with Gasteiger partial charge in [-0.05, 0) is 36.2 Å². The molecule has 4 nitrogen and oxygen atoms in total. The second-order valence-electron chi connectivity index (χ2n) is 5.22. The van der Waals surface area contributed by atoms with Gasteiger partial charge >= 0.3 is 12.1 Å². The zero-order valence-electron chi connectivity index (χ0n) is 13.4. The molecule has 0 aliphatic rings. The van der Waals surface area contributed by atoms with Crippen LogP contribution in [-0.4, -0.2) is 18.5 Å². The number of hydrogen-bond acceptors (Lipinski definition) is 3. The van der Waals surface area contributed by atoms with Crippen molar-refractivity contribution in [3.63, 3.8) is 0 Å². The first-order valence-corrected chi connectivity index (χ1v) is 7.53. The quantitative estimate of drug-likeness (QED) is 0.827. The lowest BCUT2D eigenvalue weighted by atomic mass is 10.1. The molecule has 2 rings (SSSR count). The number of hydrogen-bond donors (Lipinski definition) is 1. The number of ether oxygens (including phenoxy) is 1. The Balaban J connectivity index is 1.99. The molecule has 0 unspecified atom stereocenters. The molecule has 0 aromatic heterocycles. The van der Waals surface area contributed by atoms with E-state index in [1.807, 2.05) is 13.0 Å². The van der Waals surface area contributed by atoms with Crippen LogP contribution < -0.4 is 5.32 Å². The largest absolute Gasteiger partial charge is 0.452 e. The normalized spacial score (nSPS) is 11.0. The number of benzene rings is 2. The molecule has 0 aliphatic carbocycles. The van der Waals surface area contributed by atoms with Crippen LogP contribution in [0.3, 0.4) is 0 Å². The third kappa shape index (κ3) is 5.07. The van der Waals surface area contributed by atoms with Crippen LogP contribution in [-0.2, 0) is 22.1 Å². The fraction of sp³-hybridized carbons (Fsp3) is 0.222. The summed E-state index contributed by atoms with van der Waals surface area (Å²) in [5, 5.41) is 2.53. The number of halogens is 3. The van der Waals surface area contributed by atoms with Gasteiger partial charge in [0.2, 0.25) is 0 Å². The molecule has 7 heteroatoms. The number of nitrogens with one attached hydrogen (secondary N) is 1. The summed E-state index contributed by atoms with van der Waals surface area (Å²) in [6.45, 7) is 1.28. The van der Waals surface area contributed by atoms with E-state index >= 15 is 0 Å². The Labute approximate surface area is 142 Å². The molecule has 1 amide bonds. The summed E-state index contributed by atoms with van der Waals surface area (Å²) in [7, 11) is 0. The van der Waals surface area contributed by atoms with Crippen molar-refractivity contribution in [3.8, 4) is 0 Å². The first kappa shape index (κ1) is 18.5. The van der Waals surface area contributed by atoms with Crippen molar-refractivity contribution in [2.75, 3.05) is 11.9 Å². The molecule has 0 fully saturated rings. The summed E-state index contributed by atoms with van der Waals surface area (Å²) in [6, 6.07) is 11.3. The molecule has 25 heavy (non-hydrogen) atoms. The lowest BCUT2D eigenvalue weighted by molar-refractivity contribution is -0.138. The number of amides is 1. The van der Waals surface area contributed by atoms with E-state index in [4.69, 9.17) is 4.74 Å². The van der Waals surface area contributed by atoms with Crippen LogP contribution in [0.1, 0.15) is 28.4 Å². The lowest BCUT2D eigenvalue weighted by Gasteiger charge is -2.12. The topological polar surface area (TPSA) is 55.4 Å². The molecule has 2 aromatic rings. The summed E-state index contributed by atoms with van der Waals surface area (Å²) in [5.74, 6) is -1.84. The maximum absolute atomic E-state index is 12.9. The molecule has 132 valence electrons. The van der Waals surface area contributed by atoms with Gasteiger partial charge in [0, 0.05) is 5.69 Å². The molecule has 0 bridgehead atoms. The van der Waals surface area contributed by atoms with E-state index in [1.54, 1.807) is 18.2 Å². The monoisotopic (exact) mass is 351 g/mol. The first-order valence-electron chi connectivity index (χ1n) is 7.53. The summed E-state index contributed by atoms with van der Waals surface area (Å²) in [4.78, 5) is 23.7. The summed E-state index contributed by atoms with van der Waals surface area (Å²) < 4.78 is 43.3. The van der Waals surface area contributed by atoms with Crippen molar-refractivity contribution in [1.82, 2.24) is 0 Å². The highest BCUT2D eigenvalue weighted by molar-refractivity contribution is 5.96. The van der Waals surface area contributed by atoms with Crippen molar-refractivity contribution in [3.05, 3.63) is 65.2 Å². The SMILES string of the molecule is CCc1cccc(NC(=O)COC(=O)c2ccccc2C(F)(F)F)c1. The van der Waals surface area contributed by atoms with Gasteiger partial charge in [0.15, 0.2) is 6.61 Å². The number of carbonyl (C=O) groups excluding carboxylic acids is 2. The first-order chi connectivity index (χ1) is 11.8. The molecule has 0 saturated carbocycles. The minimum Gasteiger partial charge on any atom is -0.452 e. The third-order valence-electron chi connectivity index (χ3n) is 3.41. The standard InChI is InChI=1S/C18H16F3NO3/c1-2-12-6-5-7-13(10-12)22-16(23)11-25-17(24)14-8-3-4-9-15(14)18(19,20)21/h3-10H,2,11H2,1H3,(H,22,23). The van der Waals surface area contributed by atoms with Gasteiger partial charge in [-0.15, -0.1) is 0 Å². The summed E-state index contributed by atoms with van der Waals surface area (Å²) in [6.07, 6.45) is -3.90. The third-order valence-corrected chi connectivity index (χ3v) is 3.41. The average molecular weight is 351 g/mol. The summed E-state index contributed by atoms with van der Waals surface area (Å²) in [5.41, 5.74) is -0.197. The zero-order chi connectivity index (χ0) is 18.4. The molecule has 2 aromatic carbocycles. The van der Waals surface area contributed by atoms with Gasteiger partial charge in [0.1, 0.15) is 0 Å². The average Bonchev–Trinajstić information content (AvgIpc) is 2.59. The van der Waals surface area contributed by atoms with Crippen molar-refractivity contribution >= 4 is 17.6 Å². The molecule has 0 aliphatic heterocycles. The van der Waals surface area contributed by atoms with Gasteiger partial charge in [-0.25, -0.2) is 4.79 Å². The number of carbonyl (C=O) groups is 2.